The van der Waals surface area contributed by atoms with Gasteiger partial charge in [-0.3, -0.25) is 0 Å². The van der Waals surface area contributed by atoms with Crippen molar-refractivity contribution in [2.45, 2.75) is 52.9 Å². The van der Waals surface area contributed by atoms with Crippen molar-refractivity contribution in [3.63, 3.8) is 0 Å². The number of nitrogens with zero attached hydrogens (tertiary/aromatic N) is 3. The number of rotatable bonds is 9. The Bertz CT molecular complexity index is 711. The van der Waals surface area contributed by atoms with Crippen LogP contribution >= 0.6 is 0 Å². The van der Waals surface area contributed by atoms with Crippen LogP contribution in [-0.4, -0.2) is 42.1 Å². The Morgan fingerprint density at radius 1 is 1.00 bits per heavy atom. The summed E-state index contributed by atoms with van der Waals surface area (Å²) in [5, 5.41) is 6.95. The molecule has 0 saturated heterocycles. The van der Waals surface area contributed by atoms with Crippen LogP contribution in [0.3, 0.4) is 0 Å². The predicted octanol–water partition coefficient (Wildman–Crippen LogP) is 5.14. The number of aryl methyl sites for hydroxylation is 1. The Kier molecular flexibility index (Phi) is 7.60. The highest BCUT2D eigenvalue weighted by Crippen LogP contribution is 2.34. The number of hydrogen-bond acceptors (Lipinski definition) is 5. The Morgan fingerprint density at radius 3 is 2.19 bits per heavy atom. The molecule has 0 atom stereocenters. The quantitative estimate of drug-likeness (QED) is 0.600. The van der Waals surface area contributed by atoms with Gasteiger partial charge in [0.25, 0.3) is 0 Å². The van der Waals surface area contributed by atoms with E-state index < -0.39 is 0 Å². The normalized spacial score (nSPS) is 11.5. The van der Waals surface area contributed by atoms with Crippen LogP contribution in [0, 0.1) is 6.92 Å². The molecule has 2 aromatic rings. The highest BCUT2D eigenvalue weighted by Gasteiger charge is 2.15. The van der Waals surface area contributed by atoms with Gasteiger partial charge < -0.3 is 15.5 Å². The van der Waals surface area contributed by atoms with Crippen LogP contribution in [-0.2, 0) is 0 Å². The van der Waals surface area contributed by atoms with Gasteiger partial charge >= 0.3 is 0 Å². The van der Waals surface area contributed by atoms with Gasteiger partial charge in [0, 0.05) is 24.0 Å². The third kappa shape index (κ3) is 6.21. The Hall–Kier alpha value is -2.14. The lowest BCUT2D eigenvalue weighted by Gasteiger charge is -2.21. The Balaban J connectivity index is 2.24. The molecule has 0 aliphatic rings. The number of hydrogen-bond donors (Lipinski definition) is 2. The molecular formula is C22H35N5. The summed E-state index contributed by atoms with van der Waals surface area (Å²) >= 11 is 0. The van der Waals surface area contributed by atoms with E-state index in [1.165, 1.54) is 16.8 Å². The zero-order valence-electron chi connectivity index (χ0n) is 17.9. The van der Waals surface area contributed by atoms with E-state index in [9.17, 15) is 0 Å². The van der Waals surface area contributed by atoms with Gasteiger partial charge in [0.05, 0.1) is 0 Å². The zero-order valence-corrected chi connectivity index (χ0v) is 17.9. The van der Waals surface area contributed by atoms with Gasteiger partial charge in [-0.25, -0.2) is 4.98 Å². The fourth-order valence-electron chi connectivity index (χ4n) is 3.13. The molecule has 27 heavy (non-hydrogen) atoms. The molecule has 0 saturated carbocycles. The average molecular weight is 370 g/mol. The molecule has 0 bridgehead atoms. The summed E-state index contributed by atoms with van der Waals surface area (Å²) in [7, 11) is 4.17. The van der Waals surface area contributed by atoms with Gasteiger partial charge in [0.1, 0.15) is 5.82 Å². The molecule has 1 aromatic heterocycles. The van der Waals surface area contributed by atoms with Crippen LogP contribution in [0.1, 0.15) is 62.8 Å². The Morgan fingerprint density at radius 2 is 1.63 bits per heavy atom. The topological polar surface area (TPSA) is 53.1 Å². The smallest absolute Gasteiger partial charge is 0.224 e. The summed E-state index contributed by atoms with van der Waals surface area (Å²) in [5.74, 6) is 2.41. The first-order chi connectivity index (χ1) is 12.8. The van der Waals surface area contributed by atoms with Crippen molar-refractivity contribution < 1.29 is 0 Å². The summed E-state index contributed by atoms with van der Waals surface area (Å²) < 4.78 is 0. The second-order valence-electron chi connectivity index (χ2n) is 8.05. The van der Waals surface area contributed by atoms with Gasteiger partial charge in [-0.1, -0.05) is 45.9 Å². The van der Waals surface area contributed by atoms with Gasteiger partial charge in [-0.15, -0.1) is 0 Å². The minimum atomic E-state index is 0.442. The van der Waals surface area contributed by atoms with Crippen LogP contribution in [0.15, 0.2) is 24.3 Å². The third-order valence-corrected chi connectivity index (χ3v) is 4.55. The molecule has 0 radical (unpaired) electrons. The highest BCUT2D eigenvalue weighted by atomic mass is 15.1. The summed E-state index contributed by atoms with van der Waals surface area (Å²) in [6.07, 6.45) is 1.06. The first kappa shape index (κ1) is 21.2. The first-order valence-electron chi connectivity index (χ1n) is 9.92. The van der Waals surface area contributed by atoms with Gasteiger partial charge in [-0.2, -0.15) is 4.98 Å². The van der Waals surface area contributed by atoms with Crippen LogP contribution in [0.4, 0.5) is 17.5 Å². The molecule has 0 amide bonds. The maximum atomic E-state index is 4.70. The largest absolute Gasteiger partial charge is 0.354 e. The molecule has 5 nitrogen and oxygen atoms in total. The SMILES string of the molecule is Cc1cc(Nc2c(C(C)C)cccc2C(C)C)nc(NCCCN(C)C)n1. The molecule has 0 aliphatic carbocycles. The van der Waals surface area contributed by atoms with E-state index in [1.54, 1.807) is 0 Å². The second-order valence-corrected chi connectivity index (χ2v) is 8.05. The molecule has 5 heteroatoms. The minimum absolute atomic E-state index is 0.442. The van der Waals surface area contributed by atoms with Crippen molar-refractivity contribution in [1.29, 1.82) is 0 Å². The number of anilines is 3. The van der Waals surface area contributed by atoms with E-state index in [-0.39, 0.29) is 0 Å². The minimum Gasteiger partial charge on any atom is -0.354 e. The molecule has 0 spiro atoms. The van der Waals surface area contributed by atoms with Gasteiger partial charge in [0.15, 0.2) is 0 Å². The highest BCUT2D eigenvalue weighted by molar-refractivity contribution is 5.67. The van der Waals surface area contributed by atoms with E-state index in [1.807, 2.05) is 13.0 Å². The number of nitrogens with one attached hydrogen (secondary N) is 2. The van der Waals surface area contributed by atoms with Gasteiger partial charge in [0.2, 0.25) is 5.95 Å². The van der Waals surface area contributed by atoms with E-state index >= 15 is 0 Å². The molecular weight excluding hydrogens is 334 g/mol. The molecule has 0 unspecified atom stereocenters. The number of aromatic nitrogens is 2. The molecule has 0 aliphatic heterocycles. The Labute approximate surface area is 164 Å². The first-order valence-corrected chi connectivity index (χ1v) is 9.92. The summed E-state index contributed by atoms with van der Waals surface area (Å²) in [4.78, 5) is 11.4. The van der Waals surface area contributed by atoms with Crippen molar-refractivity contribution in [2.24, 2.45) is 0 Å². The van der Waals surface area contributed by atoms with E-state index in [0.29, 0.717) is 17.8 Å². The van der Waals surface area contributed by atoms with Crippen LogP contribution in [0.25, 0.3) is 0 Å². The van der Waals surface area contributed by atoms with Crippen molar-refractivity contribution in [2.75, 3.05) is 37.8 Å². The fraction of sp³-hybridized carbons (Fsp3) is 0.545. The maximum Gasteiger partial charge on any atom is 0.224 e. The molecule has 1 heterocycles. The lowest BCUT2D eigenvalue weighted by molar-refractivity contribution is 0.405. The van der Waals surface area contributed by atoms with Crippen molar-refractivity contribution in [3.8, 4) is 0 Å². The molecule has 2 N–H and O–H groups in total. The standard InChI is InChI=1S/C22H35N5/c1-15(2)18-10-8-11-19(16(3)4)21(18)25-20-14-17(5)24-22(26-20)23-12-9-13-27(6)7/h8,10-11,14-16H,9,12-13H2,1-7H3,(H2,23,24,25,26). The van der Waals surface area contributed by atoms with Crippen molar-refractivity contribution >= 4 is 17.5 Å². The number of para-hydroxylation sites is 1. The molecule has 1 aromatic carbocycles. The van der Waals surface area contributed by atoms with Crippen LogP contribution < -0.4 is 10.6 Å². The molecule has 0 fully saturated rings. The molecule has 2 rings (SSSR count). The summed E-state index contributed by atoms with van der Waals surface area (Å²) in [6.45, 7) is 12.8. The second kappa shape index (κ2) is 9.70. The van der Waals surface area contributed by atoms with Gasteiger partial charge in [-0.05, 0) is 56.9 Å². The van der Waals surface area contributed by atoms with E-state index in [0.717, 1.165) is 31.0 Å². The zero-order chi connectivity index (χ0) is 20.0. The summed E-state index contributed by atoms with van der Waals surface area (Å²) in [5.41, 5.74) is 4.77. The third-order valence-electron chi connectivity index (χ3n) is 4.55. The van der Waals surface area contributed by atoms with Crippen molar-refractivity contribution in [3.05, 3.63) is 41.1 Å². The predicted molar refractivity (Wildman–Crippen MR) is 116 cm³/mol. The lowest BCUT2D eigenvalue weighted by atomic mass is 9.92. The lowest BCUT2D eigenvalue weighted by Crippen LogP contribution is -2.17. The van der Waals surface area contributed by atoms with Crippen LogP contribution in [0.5, 0.6) is 0 Å². The monoisotopic (exact) mass is 369 g/mol. The molecule has 148 valence electrons. The van der Waals surface area contributed by atoms with E-state index in [4.69, 9.17) is 4.98 Å². The van der Waals surface area contributed by atoms with Crippen LogP contribution in [0.2, 0.25) is 0 Å². The average Bonchev–Trinajstić information content (AvgIpc) is 2.58. The van der Waals surface area contributed by atoms with E-state index in [2.05, 4.69) is 80.5 Å². The maximum absolute atomic E-state index is 4.70. The fourth-order valence-corrected chi connectivity index (χ4v) is 3.13. The van der Waals surface area contributed by atoms with Crippen molar-refractivity contribution in [1.82, 2.24) is 14.9 Å². The number of benzene rings is 1. The summed E-state index contributed by atoms with van der Waals surface area (Å²) in [6, 6.07) is 8.56.